The number of aromatic nitrogens is 2. The van der Waals surface area contributed by atoms with E-state index in [-0.39, 0.29) is 30.8 Å². The van der Waals surface area contributed by atoms with Crippen molar-refractivity contribution in [2.24, 2.45) is 5.92 Å². The standard InChI is InChI=1S/C20H35N3O5.C18H30N2O5/c1-19(2,23(5)14-15-7-9-26-10-8-15)18(24)21-17-13-16(22-28-17)20(3,4)27-12-11-25-6;1-17(2,12-21)15-8-13(25-19-15)9-16(22)18(3,4)20(5)10-14-11-23-6-7-24-14/h13,15H,7-12,14H2,1-6H3,(H,21,24);8,14,21H,6-7,9-12H2,1-5H3/t;14-/m.1/s1. The topological polar surface area (TPSA) is 171 Å². The van der Waals surface area contributed by atoms with Crippen molar-refractivity contribution in [2.45, 2.75) is 103 Å². The van der Waals surface area contributed by atoms with E-state index in [2.05, 4.69) is 20.5 Å². The van der Waals surface area contributed by atoms with Gasteiger partial charge >= 0.3 is 0 Å². The average Bonchev–Trinajstić information content (AvgIpc) is 3.80. The van der Waals surface area contributed by atoms with Crippen LogP contribution in [0.25, 0.3) is 0 Å². The molecule has 0 bridgehead atoms. The summed E-state index contributed by atoms with van der Waals surface area (Å²) in [6, 6.07) is 3.46. The Morgan fingerprint density at radius 2 is 1.53 bits per heavy atom. The number of hydrogen-bond acceptors (Lipinski definition) is 14. The minimum absolute atomic E-state index is 0.0203. The number of hydrogen-bond donors (Lipinski definition) is 2. The summed E-state index contributed by atoms with van der Waals surface area (Å²) in [4.78, 5) is 29.7. The molecule has 0 aromatic carbocycles. The lowest BCUT2D eigenvalue weighted by molar-refractivity contribution is -0.133. The highest BCUT2D eigenvalue weighted by atomic mass is 16.6. The summed E-state index contributed by atoms with van der Waals surface area (Å²) in [7, 11) is 5.52. The van der Waals surface area contributed by atoms with Gasteiger partial charge < -0.3 is 37.8 Å². The number of ether oxygens (including phenoxy) is 5. The number of likely N-dealkylation sites (N-methyl/N-ethyl adjacent to an activating group) is 2. The largest absolute Gasteiger partial charge is 0.395 e. The van der Waals surface area contributed by atoms with Crippen molar-refractivity contribution in [3.63, 3.8) is 0 Å². The Hall–Kier alpha value is -2.76. The van der Waals surface area contributed by atoms with Gasteiger partial charge in [-0.25, -0.2) is 0 Å². The van der Waals surface area contributed by atoms with Crippen LogP contribution in [0.15, 0.2) is 21.2 Å². The predicted octanol–water partition coefficient (Wildman–Crippen LogP) is 3.83. The number of nitrogens with zero attached hydrogens (tertiary/aromatic N) is 4. The van der Waals surface area contributed by atoms with Gasteiger partial charge in [0.1, 0.15) is 17.1 Å². The molecule has 2 N–H and O–H groups in total. The van der Waals surface area contributed by atoms with E-state index < -0.39 is 22.1 Å². The molecule has 53 heavy (non-hydrogen) atoms. The molecule has 1 amide bonds. The Bertz CT molecular complexity index is 1410. The molecular weight excluding hydrogens is 686 g/mol. The van der Waals surface area contributed by atoms with E-state index in [9.17, 15) is 14.7 Å². The first kappa shape index (κ1) is 44.6. The molecule has 15 heteroatoms. The Morgan fingerprint density at radius 3 is 2.15 bits per heavy atom. The lowest BCUT2D eigenvalue weighted by Gasteiger charge is -2.37. The number of carbonyl (C=O) groups excluding carboxylic acids is 2. The van der Waals surface area contributed by atoms with Crippen molar-refractivity contribution in [1.82, 2.24) is 20.1 Å². The fraction of sp³-hybridized carbons (Fsp3) is 0.789. The van der Waals surface area contributed by atoms with Gasteiger partial charge in [0.2, 0.25) is 11.8 Å². The maximum atomic E-state index is 12.9. The zero-order valence-electron chi connectivity index (χ0n) is 33.9. The summed E-state index contributed by atoms with van der Waals surface area (Å²) in [5.74, 6) is 1.28. The molecule has 0 radical (unpaired) electrons. The maximum Gasteiger partial charge on any atom is 0.246 e. The van der Waals surface area contributed by atoms with Crippen molar-refractivity contribution in [1.29, 1.82) is 0 Å². The maximum absolute atomic E-state index is 12.9. The van der Waals surface area contributed by atoms with Gasteiger partial charge in [-0.15, -0.1) is 0 Å². The number of nitrogens with one attached hydrogen (secondary N) is 1. The zero-order chi connectivity index (χ0) is 39.5. The minimum atomic E-state index is -0.685. The number of amides is 1. The fourth-order valence-electron chi connectivity index (χ4n) is 5.61. The van der Waals surface area contributed by atoms with E-state index in [1.807, 2.05) is 74.4 Å². The van der Waals surface area contributed by atoms with Crippen LogP contribution in [0, 0.1) is 5.92 Å². The molecule has 2 aliphatic heterocycles. The zero-order valence-corrected chi connectivity index (χ0v) is 33.9. The molecule has 4 rings (SSSR count). The number of anilines is 1. The van der Waals surface area contributed by atoms with Crippen LogP contribution < -0.4 is 5.32 Å². The van der Waals surface area contributed by atoms with Crippen molar-refractivity contribution in [3.05, 3.63) is 29.3 Å². The predicted molar refractivity (Wildman–Crippen MR) is 199 cm³/mol. The molecule has 0 spiro atoms. The third-order valence-corrected chi connectivity index (χ3v) is 10.5. The molecule has 4 heterocycles. The van der Waals surface area contributed by atoms with Crippen LogP contribution in [0.3, 0.4) is 0 Å². The van der Waals surface area contributed by atoms with Gasteiger partial charge in [-0.3, -0.25) is 24.7 Å². The van der Waals surface area contributed by atoms with Gasteiger partial charge in [-0.1, -0.05) is 24.2 Å². The smallest absolute Gasteiger partial charge is 0.246 e. The van der Waals surface area contributed by atoms with E-state index in [4.69, 9.17) is 32.7 Å². The number of ketones is 1. The number of aliphatic hydroxyl groups excluding tert-OH is 1. The number of rotatable bonds is 18. The van der Waals surface area contributed by atoms with Crippen LogP contribution in [0.1, 0.15) is 85.4 Å². The van der Waals surface area contributed by atoms with Crippen molar-refractivity contribution < 1.29 is 47.4 Å². The van der Waals surface area contributed by atoms with Crippen molar-refractivity contribution in [2.75, 3.05) is 92.5 Å². The molecule has 0 saturated carbocycles. The third kappa shape index (κ3) is 12.9. The molecule has 2 aromatic rings. The van der Waals surface area contributed by atoms with Crippen molar-refractivity contribution >= 4 is 17.6 Å². The number of aliphatic hydroxyl groups is 1. The Balaban J connectivity index is 0.000000287. The number of carbonyl (C=O) groups is 2. The van der Waals surface area contributed by atoms with Gasteiger partial charge in [0.25, 0.3) is 0 Å². The van der Waals surface area contributed by atoms with Crippen LogP contribution in [0.4, 0.5) is 5.88 Å². The van der Waals surface area contributed by atoms with E-state index >= 15 is 0 Å². The SMILES string of the molecule is CN(C[C@@H]1COCCO1)C(C)(C)C(=O)Cc1cc(C(C)(C)CO)no1.COCCOC(C)(C)c1cc(NC(=O)C(C)(C)N(C)CC2CCOCC2)on1. The van der Waals surface area contributed by atoms with Gasteiger partial charge in [0.15, 0.2) is 5.78 Å². The molecule has 0 aliphatic carbocycles. The first-order valence-corrected chi connectivity index (χ1v) is 18.5. The highest BCUT2D eigenvalue weighted by molar-refractivity contribution is 5.96. The van der Waals surface area contributed by atoms with Crippen LogP contribution >= 0.6 is 0 Å². The van der Waals surface area contributed by atoms with Gasteiger partial charge in [-0.2, -0.15) is 0 Å². The molecule has 302 valence electrons. The minimum Gasteiger partial charge on any atom is -0.395 e. The second-order valence-corrected chi connectivity index (χ2v) is 16.2. The highest BCUT2D eigenvalue weighted by Gasteiger charge is 2.36. The third-order valence-electron chi connectivity index (χ3n) is 10.5. The lowest BCUT2D eigenvalue weighted by atomic mass is 9.89. The van der Waals surface area contributed by atoms with E-state index in [1.165, 1.54) is 0 Å². The molecule has 0 unspecified atom stereocenters. The first-order valence-electron chi connectivity index (χ1n) is 18.5. The van der Waals surface area contributed by atoms with Crippen LogP contribution in [-0.2, 0) is 50.7 Å². The Labute approximate surface area is 315 Å². The summed E-state index contributed by atoms with van der Waals surface area (Å²) in [5, 5.41) is 20.3. The quantitative estimate of drug-likeness (QED) is 0.211. The monoisotopic (exact) mass is 751 g/mol. The van der Waals surface area contributed by atoms with Gasteiger partial charge in [-0.05, 0) is 74.4 Å². The molecule has 15 nitrogen and oxygen atoms in total. The summed E-state index contributed by atoms with van der Waals surface area (Å²) >= 11 is 0. The van der Waals surface area contributed by atoms with Crippen LogP contribution in [0.5, 0.6) is 0 Å². The summed E-state index contributed by atoms with van der Waals surface area (Å²) < 4.78 is 37.9. The first-order chi connectivity index (χ1) is 24.8. The molecule has 2 fully saturated rings. The molecule has 2 saturated heterocycles. The second kappa shape index (κ2) is 19.7. The summed E-state index contributed by atoms with van der Waals surface area (Å²) in [5.41, 5.74) is -1.21. The Morgan fingerprint density at radius 1 is 0.868 bits per heavy atom. The molecule has 2 aliphatic rings. The second-order valence-electron chi connectivity index (χ2n) is 16.2. The van der Waals surface area contributed by atoms with Gasteiger partial charge in [0.05, 0.1) is 68.9 Å². The average molecular weight is 752 g/mol. The molecular formula is C38H65N5O10. The van der Waals surface area contributed by atoms with E-state index in [0.717, 1.165) is 32.6 Å². The van der Waals surface area contributed by atoms with Crippen LogP contribution in [0.2, 0.25) is 0 Å². The van der Waals surface area contributed by atoms with E-state index in [0.29, 0.717) is 68.5 Å². The molecule has 2 aromatic heterocycles. The summed E-state index contributed by atoms with van der Waals surface area (Å²) in [6.45, 7) is 20.9. The van der Waals surface area contributed by atoms with Crippen LogP contribution in [-0.4, -0.2) is 141 Å². The highest BCUT2D eigenvalue weighted by Crippen LogP contribution is 2.28. The van der Waals surface area contributed by atoms with Crippen molar-refractivity contribution in [3.8, 4) is 0 Å². The summed E-state index contributed by atoms with van der Waals surface area (Å²) in [6.07, 6.45) is 2.21. The normalized spacial score (nSPS) is 17.9. The van der Waals surface area contributed by atoms with Gasteiger partial charge in [0, 0.05) is 51.0 Å². The molecule has 1 atom stereocenters. The fourth-order valence-corrected chi connectivity index (χ4v) is 5.61. The van der Waals surface area contributed by atoms with E-state index in [1.54, 1.807) is 19.2 Å². The lowest BCUT2D eigenvalue weighted by Crippen LogP contribution is -2.52. The number of Topliss-reactive ketones (excluding diaryl/α,β-unsaturated/α-hetero) is 1. The Kier molecular flexibility index (Phi) is 16.6. The number of methoxy groups -OCH3 is 1.